The fourth-order valence-corrected chi connectivity index (χ4v) is 4.05. The van der Waals surface area contributed by atoms with Crippen molar-refractivity contribution in [2.75, 3.05) is 24.7 Å². The Morgan fingerprint density at radius 1 is 1.32 bits per heavy atom. The van der Waals surface area contributed by atoms with Crippen molar-refractivity contribution < 1.29 is 9.90 Å². The van der Waals surface area contributed by atoms with Crippen LogP contribution in [0, 0.1) is 5.92 Å². The van der Waals surface area contributed by atoms with E-state index in [9.17, 15) is 4.79 Å². The topological polar surface area (TPSA) is 49.3 Å². The van der Waals surface area contributed by atoms with Gasteiger partial charge in [0.15, 0.2) is 0 Å². The van der Waals surface area contributed by atoms with Crippen LogP contribution in [-0.4, -0.2) is 35.7 Å². The van der Waals surface area contributed by atoms with Gasteiger partial charge in [-0.25, -0.2) is 0 Å². The highest BCUT2D eigenvalue weighted by atomic mass is 32.2. The number of hydrogen-bond donors (Lipinski definition) is 2. The average molecular weight is 321 g/mol. The molecule has 0 heterocycles. The normalized spacial score (nSPS) is 18.1. The van der Waals surface area contributed by atoms with Crippen molar-refractivity contribution in [1.82, 2.24) is 5.32 Å². The lowest BCUT2D eigenvalue weighted by atomic mass is 9.79. The molecule has 122 valence electrons. The zero-order chi connectivity index (χ0) is 15.8. The van der Waals surface area contributed by atoms with Gasteiger partial charge in [-0.1, -0.05) is 50.1 Å². The molecule has 0 bridgehead atoms. The van der Waals surface area contributed by atoms with Crippen LogP contribution in [0.2, 0.25) is 0 Å². The minimum Gasteiger partial charge on any atom is -0.396 e. The number of aliphatic hydroxyl groups is 1. The van der Waals surface area contributed by atoms with Crippen molar-refractivity contribution in [3.63, 3.8) is 0 Å². The monoisotopic (exact) mass is 321 g/mol. The zero-order valence-corrected chi connectivity index (χ0v) is 14.2. The molecule has 4 heteroatoms. The lowest BCUT2D eigenvalue weighted by Crippen LogP contribution is -2.39. The second-order valence-corrected chi connectivity index (χ2v) is 7.46. The van der Waals surface area contributed by atoms with Crippen LogP contribution in [0.1, 0.15) is 38.2 Å². The van der Waals surface area contributed by atoms with Gasteiger partial charge in [-0.3, -0.25) is 4.79 Å². The Labute approximate surface area is 137 Å². The lowest BCUT2D eigenvalue weighted by Gasteiger charge is -2.30. The van der Waals surface area contributed by atoms with E-state index >= 15 is 0 Å². The highest BCUT2D eigenvalue weighted by Crippen LogP contribution is 2.40. The van der Waals surface area contributed by atoms with Gasteiger partial charge in [-0.2, -0.15) is 11.8 Å². The first-order valence-electron chi connectivity index (χ1n) is 8.17. The van der Waals surface area contributed by atoms with Crippen LogP contribution in [0.15, 0.2) is 30.3 Å². The molecule has 2 rings (SSSR count). The largest absolute Gasteiger partial charge is 0.396 e. The van der Waals surface area contributed by atoms with E-state index < -0.39 is 0 Å². The van der Waals surface area contributed by atoms with Crippen molar-refractivity contribution in [1.29, 1.82) is 0 Å². The Morgan fingerprint density at radius 2 is 2.00 bits per heavy atom. The summed E-state index contributed by atoms with van der Waals surface area (Å²) in [7, 11) is 0. The molecule has 0 spiro atoms. The van der Waals surface area contributed by atoms with Crippen molar-refractivity contribution in [3.05, 3.63) is 35.9 Å². The van der Waals surface area contributed by atoms with E-state index in [4.69, 9.17) is 5.11 Å². The fourth-order valence-electron chi connectivity index (χ4n) is 3.14. The molecule has 1 fully saturated rings. The van der Waals surface area contributed by atoms with Crippen LogP contribution < -0.4 is 5.32 Å². The summed E-state index contributed by atoms with van der Waals surface area (Å²) in [4.78, 5) is 12.0. The van der Waals surface area contributed by atoms with Crippen molar-refractivity contribution in [2.24, 2.45) is 5.92 Å². The molecule has 0 radical (unpaired) electrons. The Bertz CT molecular complexity index is 457. The van der Waals surface area contributed by atoms with E-state index in [1.165, 1.54) is 18.4 Å². The van der Waals surface area contributed by atoms with Crippen molar-refractivity contribution in [3.8, 4) is 0 Å². The molecule has 3 nitrogen and oxygen atoms in total. The van der Waals surface area contributed by atoms with E-state index in [1.807, 2.05) is 13.0 Å². The number of benzene rings is 1. The first-order valence-corrected chi connectivity index (χ1v) is 9.32. The Hall–Kier alpha value is -1.00. The molecule has 1 aromatic rings. The zero-order valence-electron chi connectivity index (χ0n) is 13.4. The van der Waals surface area contributed by atoms with Gasteiger partial charge in [0.1, 0.15) is 0 Å². The molecule has 22 heavy (non-hydrogen) atoms. The fraction of sp³-hybridized carbons (Fsp3) is 0.611. The molecule has 1 atom stereocenters. The van der Waals surface area contributed by atoms with Gasteiger partial charge in [-0.15, -0.1) is 0 Å². The van der Waals surface area contributed by atoms with Crippen LogP contribution in [0.25, 0.3) is 0 Å². The molecule has 0 aliphatic heterocycles. The number of nitrogens with one attached hydrogen (secondary N) is 1. The van der Waals surface area contributed by atoms with E-state index in [2.05, 4.69) is 29.6 Å². The summed E-state index contributed by atoms with van der Waals surface area (Å²) in [6.07, 6.45) is 4.80. The smallest absolute Gasteiger partial charge is 0.230 e. The molecule has 1 unspecified atom stereocenters. The third-order valence-electron chi connectivity index (χ3n) is 4.52. The number of rotatable bonds is 8. The number of carbonyl (C=O) groups excluding carboxylic acids is 1. The lowest BCUT2D eigenvalue weighted by molar-refractivity contribution is -0.118. The van der Waals surface area contributed by atoms with Crippen LogP contribution in [0.3, 0.4) is 0 Å². The van der Waals surface area contributed by atoms with Gasteiger partial charge >= 0.3 is 0 Å². The van der Waals surface area contributed by atoms with Gasteiger partial charge < -0.3 is 10.4 Å². The average Bonchev–Trinajstić information content (AvgIpc) is 3.04. The second-order valence-electron chi connectivity index (χ2n) is 6.43. The van der Waals surface area contributed by atoms with E-state index in [-0.39, 0.29) is 23.8 Å². The molecular weight excluding hydrogens is 294 g/mol. The molecule has 0 saturated heterocycles. The van der Waals surface area contributed by atoms with Gasteiger partial charge in [0.25, 0.3) is 0 Å². The highest BCUT2D eigenvalue weighted by Gasteiger charge is 2.35. The molecule has 1 aliphatic carbocycles. The Kier molecular flexibility index (Phi) is 6.77. The standard InChI is InChI=1S/C18H27NO2S/c1-15(11-20)12-22-13-17(21)19-14-18(9-5-6-10-18)16-7-3-2-4-8-16/h2-4,7-8,15,20H,5-6,9-14H2,1H3,(H,19,21). The third-order valence-corrected chi connectivity index (χ3v) is 5.79. The minimum atomic E-state index is 0.109. The Balaban J connectivity index is 1.84. The molecule has 0 aromatic heterocycles. The van der Waals surface area contributed by atoms with E-state index in [0.29, 0.717) is 5.75 Å². The predicted molar refractivity (Wildman–Crippen MR) is 93.2 cm³/mol. The quantitative estimate of drug-likeness (QED) is 0.774. The summed E-state index contributed by atoms with van der Waals surface area (Å²) in [5, 5.41) is 12.1. The van der Waals surface area contributed by atoms with Crippen LogP contribution >= 0.6 is 11.8 Å². The van der Waals surface area contributed by atoms with E-state index in [0.717, 1.165) is 25.1 Å². The van der Waals surface area contributed by atoms with E-state index in [1.54, 1.807) is 11.8 Å². The van der Waals surface area contributed by atoms with Crippen molar-refractivity contribution in [2.45, 2.75) is 38.0 Å². The van der Waals surface area contributed by atoms with Gasteiger partial charge in [0, 0.05) is 18.6 Å². The number of carbonyl (C=O) groups is 1. The molecule has 1 saturated carbocycles. The van der Waals surface area contributed by atoms with Crippen LogP contribution in [-0.2, 0) is 10.2 Å². The predicted octanol–water partition coefficient (Wildman–Crippen LogP) is 2.98. The summed E-state index contributed by atoms with van der Waals surface area (Å²) in [5.74, 6) is 1.67. The van der Waals surface area contributed by atoms with Gasteiger partial charge in [0.2, 0.25) is 5.91 Å². The summed E-state index contributed by atoms with van der Waals surface area (Å²) < 4.78 is 0. The summed E-state index contributed by atoms with van der Waals surface area (Å²) >= 11 is 1.60. The maximum absolute atomic E-state index is 12.0. The maximum atomic E-state index is 12.0. The second kappa shape index (κ2) is 8.59. The molecule has 1 amide bonds. The summed E-state index contributed by atoms with van der Waals surface area (Å²) in [6, 6.07) is 10.6. The summed E-state index contributed by atoms with van der Waals surface area (Å²) in [6.45, 7) is 2.92. The van der Waals surface area contributed by atoms with Crippen LogP contribution in [0.4, 0.5) is 0 Å². The van der Waals surface area contributed by atoms with Crippen LogP contribution in [0.5, 0.6) is 0 Å². The molecule has 2 N–H and O–H groups in total. The minimum absolute atomic E-state index is 0.109. The Morgan fingerprint density at radius 3 is 2.64 bits per heavy atom. The summed E-state index contributed by atoms with van der Waals surface area (Å²) in [5.41, 5.74) is 1.48. The molecule has 1 aliphatic rings. The van der Waals surface area contributed by atoms with Gasteiger partial charge in [-0.05, 0) is 30.1 Å². The number of amides is 1. The molecular formula is C18H27NO2S. The first-order chi connectivity index (χ1) is 10.7. The van der Waals surface area contributed by atoms with Gasteiger partial charge in [0.05, 0.1) is 5.75 Å². The number of hydrogen-bond acceptors (Lipinski definition) is 3. The number of aliphatic hydroxyl groups excluding tert-OH is 1. The maximum Gasteiger partial charge on any atom is 0.230 e. The first kappa shape index (κ1) is 17.4. The van der Waals surface area contributed by atoms with Crippen molar-refractivity contribution >= 4 is 17.7 Å². The third kappa shape index (κ3) is 4.75. The number of thioether (sulfide) groups is 1. The molecule has 1 aromatic carbocycles. The highest BCUT2D eigenvalue weighted by molar-refractivity contribution is 7.99. The SMILES string of the molecule is CC(CO)CSCC(=O)NCC1(c2ccccc2)CCCC1.